The van der Waals surface area contributed by atoms with Gasteiger partial charge in [-0.15, -0.1) is 0 Å². The molecule has 1 amide bonds. The Morgan fingerprint density at radius 3 is 2.62 bits per heavy atom. The molecule has 1 aromatic carbocycles. The van der Waals surface area contributed by atoms with Crippen molar-refractivity contribution in [2.24, 2.45) is 11.8 Å². The van der Waals surface area contributed by atoms with Crippen molar-refractivity contribution in [3.63, 3.8) is 0 Å². The van der Waals surface area contributed by atoms with Crippen molar-refractivity contribution in [2.45, 2.75) is 18.9 Å². The van der Waals surface area contributed by atoms with Crippen molar-refractivity contribution in [1.29, 1.82) is 0 Å². The van der Waals surface area contributed by atoms with E-state index in [0.29, 0.717) is 19.4 Å². The molecule has 2 N–H and O–H groups in total. The lowest BCUT2D eigenvalue weighted by molar-refractivity contribution is -0.147. The van der Waals surface area contributed by atoms with E-state index in [-0.39, 0.29) is 11.9 Å². The average Bonchev–Trinajstić information content (AvgIpc) is 2.90. The predicted molar refractivity (Wildman–Crippen MR) is 75.8 cm³/mol. The van der Waals surface area contributed by atoms with Crippen LogP contribution in [0, 0.1) is 11.8 Å². The van der Waals surface area contributed by atoms with Crippen LogP contribution < -0.4 is 10.1 Å². The van der Waals surface area contributed by atoms with E-state index in [2.05, 4.69) is 5.32 Å². The molecule has 0 spiro atoms. The standard InChI is InChI=1S/C16H17NO4/c18-15(10-5-1-2-6-11(10)16(19)20)17-13-9-21-14-8-4-3-7-12(13)14/h1-4,7-8,10-11,13H,5-6,9H2,(H,17,18)(H,19,20). The fraction of sp³-hybridized carbons (Fsp3) is 0.375. The van der Waals surface area contributed by atoms with Crippen molar-refractivity contribution in [3.05, 3.63) is 42.0 Å². The number of hydrogen-bond acceptors (Lipinski definition) is 3. The number of rotatable bonds is 3. The molecule has 1 heterocycles. The van der Waals surface area contributed by atoms with Crippen LogP contribution in [0.2, 0.25) is 0 Å². The van der Waals surface area contributed by atoms with Gasteiger partial charge in [0.2, 0.25) is 5.91 Å². The van der Waals surface area contributed by atoms with Gasteiger partial charge in [0, 0.05) is 5.56 Å². The summed E-state index contributed by atoms with van der Waals surface area (Å²) < 4.78 is 5.53. The number of aliphatic carboxylic acids is 1. The Hall–Kier alpha value is -2.30. The van der Waals surface area contributed by atoms with Crippen molar-refractivity contribution in [2.75, 3.05) is 6.61 Å². The van der Waals surface area contributed by atoms with E-state index in [0.717, 1.165) is 11.3 Å². The molecule has 21 heavy (non-hydrogen) atoms. The third kappa shape index (κ3) is 2.63. The Morgan fingerprint density at radius 1 is 1.14 bits per heavy atom. The number of hydrogen-bond donors (Lipinski definition) is 2. The van der Waals surface area contributed by atoms with Gasteiger partial charge >= 0.3 is 5.97 Å². The van der Waals surface area contributed by atoms with E-state index in [9.17, 15) is 14.7 Å². The molecule has 2 aliphatic rings. The molecule has 0 saturated carbocycles. The van der Waals surface area contributed by atoms with Crippen LogP contribution in [-0.2, 0) is 9.59 Å². The zero-order valence-corrected chi connectivity index (χ0v) is 11.5. The summed E-state index contributed by atoms with van der Waals surface area (Å²) in [5.41, 5.74) is 0.948. The highest BCUT2D eigenvalue weighted by Gasteiger charge is 2.36. The number of amides is 1. The highest BCUT2D eigenvalue weighted by Crippen LogP contribution is 2.33. The number of para-hydroxylation sites is 1. The van der Waals surface area contributed by atoms with E-state index in [1.54, 1.807) is 0 Å². The van der Waals surface area contributed by atoms with Crippen LogP contribution in [0.25, 0.3) is 0 Å². The summed E-state index contributed by atoms with van der Waals surface area (Å²) in [6.07, 6.45) is 4.59. The van der Waals surface area contributed by atoms with E-state index in [1.807, 2.05) is 36.4 Å². The molecule has 110 valence electrons. The van der Waals surface area contributed by atoms with E-state index in [1.165, 1.54) is 0 Å². The molecule has 0 bridgehead atoms. The fourth-order valence-corrected chi connectivity index (χ4v) is 2.94. The summed E-state index contributed by atoms with van der Waals surface area (Å²) in [4.78, 5) is 23.7. The molecule has 0 radical (unpaired) electrons. The Labute approximate surface area is 122 Å². The monoisotopic (exact) mass is 287 g/mol. The maximum absolute atomic E-state index is 12.4. The predicted octanol–water partition coefficient (Wildman–Crippen LogP) is 1.90. The Kier molecular flexibility index (Phi) is 3.64. The largest absolute Gasteiger partial charge is 0.491 e. The summed E-state index contributed by atoms with van der Waals surface area (Å²) >= 11 is 0. The number of nitrogens with one attached hydrogen (secondary N) is 1. The number of carboxylic acids is 1. The molecule has 5 heteroatoms. The van der Waals surface area contributed by atoms with Crippen LogP contribution in [0.1, 0.15) is 24.4 Å². The average molecular weight is 287 g/mol. The van der Waals surface area contributed by atoms with Gasteiger partial charge in [0.25, 0.3) is 0 Å². The SMILES string of the molecule is O=C(O)C1CC=CCC1C(=O)NC1COc2ccccc21. The van der Waals surface area contributed by atoms with Crippen LogP contribution in [-0.4, -0.2) is 23.6 Å². The van der Waals surface area contributed by atoms with Crippen molar-refractivity contribution < 1.29 is 19.4 Å². The molecular formula is C16H17NO4. The van der Waals surface area contributed by atoms with Gasteiger partial charge in [0.15, 0.2) is 0 Å². The molecule has 0 aromatic heterocycles. The van der Waals surface area contributed by atoms with Crippen LogP contribution in [0.15, 0.2) is 36.4 Å². The first-order valence-corrected chi connectivity index (χ1v) is 7.06. The van der Waals surface area contributed by atoms with Crippen LogP contribution in [0.4, 0.5) is 0 Å². The Bertz CT molecular complexity index is 596. The Balaban J connectivity index is 1.72. The maximum Gasteiger partial charge on any atom is 0.307 e. The molecule has 3 unspecified atom stereocenters. The van der Waals surface area contributed by atoms with E-state index >= 15 is 0 Å². The zero-order chi connectivity index (χ0) is 14.8. The molecule has 1 aromatic rings. The number of fused-ring (bicyclic) bond motifs is 1. The minimum Gasteiger partial charge on any atom is -0.491 e. The maximum atomic E-state index is 12.4. The lowest BCUT2D eigenvalue weighted by atomic mass is 9.82. The third-order valence-electron chi connectivity index (χ3n) is 4.10. The van der Waals surface area contributed by atoms with Gasteiger partial charge in [-0.25, -0.2) is 0 Å². The number of carbonyl (C=O) groups excluding carboxylic acids is 1. The summed E-state index contributed by atoms with van der Waals surface area (Å²) in [5.74, 6) is -1.51. The Morgan fingerprint density at radius 2 is 1.86 bits per heavy atom. The normalized spacial score (nSPS) is 26.8. The van der Waals surface area contributed by atoms with Gasteiger partial charge in [-0.1, -0.05) is 30.4 Å². The van der Waals surface area contributed by atoms with Crippen molar-refractivity contribution in [3.8, 4) is 5.75 Å². The minimum absolute atomic E-state index is 0.200. The molecule has 1 aliphatic carbocycles. The van der Waals surface area contributed by atoms with Gasteiger partial charge in [0.05, 0.1) is 17.9 Å². The highest BCUT2D eigenvalue weighted by molar-refractivity contribution is 5.85. The summed E-state index contributed by atoms with van der Waals surface area (Å²) in [6.45, 7) is 0.394. The second-order valence-electron chi connectivity index (χ2n) is 5.40. The van der Waals surface area contributed by atoms with Gasteiger partial charge in [-0.2, -0.15) is 0 Å². The quantitative estimate of drug-likeness (QED) is 0.833. The molecule has 0 fully saturated rings. The van der Waals surface area contributed by atoms with Crippen molar-refractivity contribution in [1.82, 2.24) is 5.32 Å². The fourth-order valence-electron chi connectivity index (χ4n) is 2.94. The zero-order valence-electron chi connectivity index (χ0n) is 11.5. The molecule has 5 nitrogen and oxygen atoms in total. The number of ether oxygens (including phenoxy) is 1. The first-order valence-electron chi connectivity index (χ1n) is 7.06. The van der Waals surface area contributed by atoms with Crippen LogP contribution in [0.3, 0.4) is 0 Å². The lowest BCUT2D eigenvalue weighted by Crippen LogP contribution is -2.40. The first-order chi connectivity index (χ1) is 10.2. The summed E-state index contributed by atoms with van der Waals surface area (Å²) in [5, 5.41) is 12.2. The third-order valence-corrected chi connectivity index (χ3v) is 4.10. The van der Waals surface area contributed by atoms with Gasteiger partial charge in [-0.05, 0) is 18.9 Å². The highest BCUT2D eigenvalue weighted by atomic mass is 16.5. The van der Waals surface area contributed by atoms with Crippen molar-refractivity contribution >= 4 is 11.9 Å². The minimum atomic E-state index is -0.914. The second-order valence-corrected chi connectivity index (χ2v) is 5.40. The van der Waals surface area contributed by atoms with Crippen LogP contribution in [0.5, 0.6) is 5.75 Å². The lowest BCUT2D eigenvalue weighted by Gasteiger charge is -2.25. The molecule has 1 aliphatic heterocycles. The topological polar surface area (TPSA) is 75.6 Å². The van der Waals surface area contributed by atoms with Gasteiger partial charge < -0.3 is 15.2 Å². The van der Waals surface area contributed by atoms with E-state index in [4.69, 9.17) is 4.74 Å². The van der Waals surface area contributed by atoms with Gasteiger partial charge in [0.1, 0.15) is 12.4 Å². The number of carboxylic acid groups (broad SMARTS) is 1. The molecular weight excluding hydrogens is 270 g/mol. The second kappa shape index (κ2) is 5.60. The molecule has 3 atom stereocenters. The molecule has 3 rings (SSSR count). The first kappa shape index (κ1) is 13.7. The van der Waals surface area contributed by atoms with Crippen LogP contribution >= 0.6 is 0 Å². The summed E-state index contributed by atoms with van der Waals surface area (Å²) in [6, 6.07) is 7.37. The van der Waals surface area contributed by atoms with E-state index < -0.39 is 17.8 Å². The summed E-state index contributed by atoms with van der Waals surface area (Å²) in [7, 11) is 0. The number of carbonyl (C=O) groups is 2. The number of allylic oxidation sites excluding steroid dienone is 2. The van der Waals surface area contributed by atoms with Gasteiger partial charge in [-0.3, -0.25) is 9.59 Å². The smallest absolute Gasteiger partial charge is 0.307 e. The number of benzene rings is 1. The molecule has 0 saturated heterocycles.